The molecule has 2 aliphatic carbocycles. The van der Waals surface area contributed by atoms with E-state index in [0.29, 0.717) is 17.1 Å². The third kappa shape index (κ3) is 2.45. The minimum Gasteiger partial charge on any atom is -0.383 e. The first-order valence-corrected chi connectivity index (χ1v) is 8.10. The third-order valence-electron chi connectivity index (χ3n) is 5.88. The molecule has 19 heavy (non-hydrogen) atoms. The van der Waals surface area contributed by atoms with Crippen molar-refractivity contribution in [3.63, 3.8) is 0 Å². The molecule has 1 N–H and O–H groups in total. The Balaban J connectivity index is 1.78. The molecule has 3 nitrogen and oxygen atoms in total. The van der Waals surface area contributed by atoms with E-state index in [0.717, 1.165) is 12.5 Å². The Hall–Kier alpha value is -0.120. The van der Waals surface area contributed by atoms with Crippen LogP contribution in [0.3, 0.4) is 0 Å². The highest BCUT2D eigenvalue weighted by Gasteiger charge is 2.52. The zero-order valence-corrected chi connectivity index (χ0v) is 12.9. The van der Waals surface area contributed by atoms with Crippen molar-refractivity contribution >= 4 is 0 Å². The number of hydrogen-bond donors (Lipinski definition) is 1. The van der Waals surface area contributed by atoms with Crippen molar-refractivity contribution in [2.45, 2.75) is 69.5 Å². The summed E-state index contributed by atoms with van der Waals surface area (Å²) in [6, 6.07) is 0.545. The molecule has 0 aromatic rings. The molecule has 3 aliphatic rings. The molecule has 3 heteroatoms. The van der Waals surface area contributed by atoms with E-state index in [1.165, 1.54) is 51.6 Å². The summed E-state index contributed by atoms with van der Waals surface area (Å²) in [5.41, 5.74) is 0.766. The summed E-state index contributed by atoms with van der Waals surface area (Å²) in [4.78, 5) is 2.80. The summed E-state index contributed by atoms with van der Waals surface area (Å²) in [6.45, 7) is 8.06. The molecule has 1 spiro atoms. The number of methoxy groups -OCH3 is 1. The van der Waals surface area contributed by atoms with Crippen molar-refractivity contribution in [2.24, 2.45) is 5.92 Å². The smallest absolute Gasteiger partial charge is 0.0615 e. The summed E-state index contributed by atoms with van der Waals surface area (Å²) in [5.74, 6) is 0.906. The second kappa shape index (κ2) is 5.01. The van der Waals surface area contributed by atoms with E-state index in [1.807, 2.05) is 7.11 Å². The Morgan fingerprint density at radius 3 is 2.58 bits per heavy atom. The molecule has 3 fully saturated rings. The molecule has 110 valence electrons. The van der Waals surface area contributed by atoms with Crippen LogP contribution < -0.4 is 5.32 Å². The topological polar surface area (TPSA) is 24.5 Å². The molecule has 0 aromatic heterocycles. The first kappa shape index (κ1) is 13.8. The van der Waals surface area contributed by atoms with Gasteiger partial charge in [-0.25, -0.2) is 0 Å². The predicted octanol–water partition coefficient (Wildman–Crippen LogP) is 2.41. The van der Waals surface area contributed by atoms with Crippen LogP contribution in [0.5, 0.6) is 0 Å². The lowest BCUT2D eigenvalue weighted by molar-refractivity contribution is -0.0410. The van der Waals surface area contributed by atoms with Crippen LogP contribution in [0.1, 0.15) is 52.4 Å². The van der Waals surface area contributed by atoms with Gasteiger partial charge in [0, 0.05) is 37.3 Å². The van der Waals surface area contributed by atoms with E-state index in [2.05, 4.69) is 24.1 Å². The maximum absolute atomic E-state index is 5.44. The Labute approximate surface area is 118 Å². The Morgan fingerprint density at radius 1 is 1.32 bits per heavy atom. The van der Waals surface area contributed by atoms with Crippen LogP contribution in [0.4, 0.5) is 0 Å². The molecule has 3 rings (SSSR count). The largest absolute Gasteiger partial charge is 0.383 e. The van der Waals surface area contributed by atoms with Crippen LogP contribution in [0.15, 0.2) is 0 Å². The van der Waals surface area contributed by atoms with Gasteiger partial charge in [-0.3, -0.25) is 4.90 Å². The Morgan fingerprint density at radius 2 is 2.00 bits per heavy atom. The molecular weight excluding hydrogens is 236 g/mol. The molecular formula is C16H30N2O. The lowest BCUT2D eigenvalue weighted by atomic mass is 9.82. The minimum atomic E-state index is 0.343. The van der Waals surface area contributed by atoms with Gasteiger partial charge >= 0.3 is 0 Å². The van der Waals surface area contributed by atoms with Gasteiger partial charge in [-0.05, 0) is 45.4 Å². The highest BCUT2D eigenvalue weighted by atomic mass is 16.5. The summed E-state index contributed by atoms with van der Waals surface area (Å²) >= 11 is 0. The number of ether oxygens (including phenoxy) is 1. The van der Waals surface area contributed by atoms with Crippen molar-refractivity contribution in [3.05, 3.63) is 0 Å². The molecule has 0 bridgehead atoms. The summed E-state index contributed by atoms with van der Waals surface area (Å²) in [6.07, 6.45) is 8.38. The molecule has 2 unspecified atom stereocenters. The van der Waals surface area contributed by atoms with Crippen molar-refractivity contribution in [1.29, 1.82) is 0 Å². The van der Waals surface area contributed by atoms with E-state index in [1.54, 1.807) is 0 Å². The van der Waals surface area contributed by atoms with Crippen LogP contribution in [0.25, 0.3) is 0 Å². The van der Waals surface area contributed by atoms with Gasteiger partial charge in [0.1, 0.15) is 0 Å². The fraction of sp³-hybridized carbons (Fsp3) is 1.00. The Kier molecular flexibility index (Phi) is 3.65. The maximum Gasteiger partial charge on any atom is 0.0615 e. The lowest BCUT2D eigenvalue weighted by Crippen LogP contribution is -2.71. The molecule has 1 saturated heterocycles. The molecule has 1 heterocycles. The van der Waals surface area contributed by atoms with E-state index >= 15 is 0 Å². The van der Waals surface area contributed by atoms with Crippen molar-refractivity contribution in [2.75, 3.05) is 26.8 Å². The summed E-state index contributed by atoms with van der Waals surface area (Å²) in [7, 11) is 1.83. The van der Waals surface area contributed by atoms with Gasteiger partial charge in [-0.1, -0.05) is 12.8 Å². The molecule has 2 atom stereocenters. The van der Waals surface area contributed by atoms with E-state index in [4.69, 9.17) is 4.74 Å². The van der Waals surface area contributed by atoms with Gasteiger partial charge in [0.15, 0.2) is 0 Å². The van der Waals surface area contributed by atoms with Crippen LogP contribution >= 0.6 is 0 Å². The summed E-state index contributed by atoms with van der Waals surface area (Å²) < 4.78 is 5.44. The standard InChI is InChI=1S/C16H30N2O/c1-13(10-19-3)18-12-15(2,14-6-7-14)17-11-16(18)8-4-5-9-16/h13-14,17H,4-12H2,1-3H3. The molecule has 0 amide bonds. The predicted molar refractivity (Wildman–Crippen MR) is 78.4 cm³/mol. The lowest BCUT2D eigenvalue weighted by Gasteiger charge is -2.55. The fourth-order valence-corrected chi connectivity index (χ4v) is 4.49. The number of rotatable bonds is 4. The molecule has 0 aromatic carbocycles. The van der Waals surface area contributed by atoms with Gasteiger partial charge in [-0.2, -0.15) is 0 Å². The third-order valence-corrected chi connectivity index (χ3v) is 5.88. The van der Waals surface area contributed by atoms with E-state index < -0.39 is 0 Å². The molecule has 0 radical (unpaired) electrons. The monoisotopic (exact) mass is 266 g/mol. The SMILES string of the molecule is COCC(C)N1CC(C)(C2CC2)NCC12CCCC2. The van der Waals surface area contributed by atoms with Gasteiger partial charge in [-0.15, -0.1) is 0 Å². The minimum absolute atomic E-state index is 0.343. The van der Waals surface area contributed by atoms with Gasteiger partial charge in [0.2, 0.25) is 0 Å². The van der Waals surface area contributed by atoms with Crippen LogP contribution in [-0.2, 0) is 4.74 Å². The van der Waals surface area contributed by atoms with Crippen molar-refractivity contribution < 1.29 is 4.74 Å². The quantitative estimate of drug-likeness (QED) is 0.845. The highest BCUT2D eigenvalue weighted by molar-refractivity contribution is 5.11. The Bertz CT molecular complexity index is 323. The average molecular weight is 266 g/mol. The zero-order valence-electron chi connectivity index (χ0n) is 12.9. The first-order chi connectivity index (χ1) is 9.10. The zero-order chi connectivity index (χ0) is 13.5. The molecule has 2 saturated carbocycles. The van der Waals surface area contributed by atoms with Crippen LogP contribution in [-0.4, -0.2) is 48.8 Å². The number of nitrogens with zero attached hydrogens (tertiary/aromatic N) is 1. The fourth-order valence-electron chi connectivity index (χ4n) is 4.49. The number of hydrogen-bond acceptors (Lipinski definition) is 3. The van der Waals surface area contributed by atoms with Gasteiger partial charge < -0.3 is 10.1 Å². The van der Waals surface area contributed by atoms with E-state index in [-0.39, 0.29) is 0 Å². The second-order valence-electron chi connectivity index (χ2n) is 7.41. The maximum atomic E-state index is 5.44. The number of piperazine rings is 1. The summed E-state index contributed by atoms with van der Waals surface area (Å²) in [5, 5.41) is 3.93. The van der Waals surface area contributed by atoms with Crippen LogP contribution in [0, 0.1) is 5.92 Å². The van der Waals surface area contributed by atoms with Crippen molar-refractivity contribution in [3.8, 4) is 0 Å². The highest BCUT2D eigenvalue weighted by Crippen LogP contribution is 2.46. The average Bonchev–Trinajstić information content (AvgIpc) is 3.15. The molecule has 1 aliphatic heterocycles. The van der Waals surface area contributed by atoms with E-state index in [9.17, 15) is 0 Å². The second-order valence-corrected chi connectivity index (χ2v) is 7.41. The number of nitrogens with one attached hydrogen (secondary N) is 1. The normalized spacial score (nSPS) is 36.8. The van der Waals surface area contributed by atoms with Crippen molar-refractivity contribution in [1.82, 2.24) is 10.2 Å². The van der Waals surface area contributed by atoms with Gasteiger partial charge in [0.05, 0.1) is 6.61 Å². The first-order valence-electron chi connectivity index (χ1n) is 8.10. The van der Waals surface area contributed by atoms with Crippen LogP contribution in [0.2, 0.25) is 0 Å². The van der Waals surface area contributed by atoms with Gasteiger partial charge in [0.25, 0.3) is 0 Å².